The van der Waals surface area contributed by atoms with Gasteiger partial charge in [0.05, 0.1) is 6.10 Å². The van der Waals surface area contributed by atoms with Crippen molar-refractivity contribution in [2.24, 2.45) is 22.2 Å². The monoisotopic (exact) mass is 236 g/mol. The molecule has 4 bridgehead atoms. The van der Waals surface area contributed by atoms with Crippen LogP contribution in [-0.4, -0.2) is 11.2 Å². The first-order valence-electron chi connectivity index (χ1n) is 7.57. The zero-order valence-electron chi connectivity index (χ0n) is 11.8. The Kier molecular flexibility index (Phi) is 2.47. The zero-order valence-corrected chi connectivity index (χ0v) is 11.8. The van der Waals surface area contributed by atoms with E-state index in [1.165, 1.54) is 38.5 Å². The third-order valence-corrected chi connectivity index (χ3v) is 5.94. The standard InChI is InChI=1S/C16H28O/c1-4-5-13(17)16-8-12-6-14(2,10-16)9-15(3,7-12)11-16/h12-13,17H,4-11H2,1-3H3/t12?,13-,14?,15?,16?/m1/s1. The molecule has 1 nitrogen and oxygen atoms in total. The lowest BCUT2D eigenvalue weighted by atomic mass is 9.39. The molecule has 0 heterocycles. The Morgan fingerprint density at radius 2 is 1.65 bits per heavy atom. The summed E-state index contributed by atoms with van der Waals surface area (Å²) in [7, 11) is 0. The van der Waals surface area contributed by atoms with Gasteiger partial charge in [0.2, 0.25) is 0 Å². The van der Waals surface area contributed by atoms with Gasteiger partial charge in [0.15, 0.2) is 0 Å². The molecule has 0 aromatic heterocycles. The molecule has 0 aliphatic heterocycles. The number of aliphatic hydroxyl groups is 1. The number of aliphatic hydroxyl groups excluding tert-OH is 1. The quantitative estimate of drug-likeness (QED) is 0.780. The van der Waals surface area contributed by atoms with Crippen molar-refractivity contribution in [3.8, 4) is 0 Å². The molecule has 3 atom stereocenters. The van der Waals surface area contributed by atoms with Crippen LogP contribution >= 0.6 is 0 Å². The van der Waals surface area contributed by atoms with E-state index in [0.717, 1.165) is 18.8 Å². The van der Waals surface area contributed by atoms with Crippen LogP contribution in [0.3, 0.4) is 0 Å². The molecule has 4 saturated carbocycles. The maximum Gasteiger partial charge on any atom is 0.0596 e. The molecule has 0 saturated heterocycles. The molecule has 0 aromatic rings. The maximum atomic E-state index is 10.6. The highest BCUT2D eigenvalue weighted by molar-refractivity contribution is 5.12. The molecule has 1 heteroatoms. The fraction of sp³-hybridized carbons (Fsp3) is 1.00. The second-order valence-corrected chi connectivity index (χ2v) is 8.30. The highest BCUT2D eigenvalue weighted by Crippen LogP contribution is 2.70. The van der Waals surface area contributed by atoms with Gasteiger partial charge in [-0.2, -0.15) is 0 Å². The number of rotatable bonds is 3. The summed E-state index contributed by atoms with van der Waals surface area (Å²) in [5.74, 6) is 0.910. The van der Waals surface area contributed by atoms with E-state index in [0.29, 0.717) is 16.2 Å². The molecule has 98 valence electrons. The van der Waals surface area contributed by atoms with Crippen molar-refractivity contribution in [2.45, 2.75) is 78.2 Å². The van der Waals surface area contributed by atoms with Gasteiger partial charge in [0.25, 0.3) is 0 Å². The molecule has 4 rings (SSSR count). The first-order valence-corrected chi connectivity index (χ1v) is 7.57. The smallest absolute Gasteiger partial charge is 0.0596 e. The van der Waals surface area contributed by atoms with Gasteiger partial charge in [-0.1, -0.05) is 27.2 Å². The summed E-state index contributed by atoms with van der Waals surface area (Å²) < 4.78 is 0. The van der Waals surface area contributed by atoms with Crippen LogP contribution in [0.5, 0.6) is 0 Å². The van der Waals surface area contributed by atoms with Crippen LogP contribution in [0.4, 0.5) is 0 Å². The Hall–Kier alpha value is -0.0400. The van der Waals surface area contributed by atoms with Crippen molar-refractivity contribution in [1.82, 2.24) is 0 Å². The molecule has 4 aliphatic carbocycles. The molecule has 0 amide bonds. The molecule has 4 fully saturated rings. The van der Waals surface area contributed by atoms with Crippen molar-refractivity contribution in [3.05, 3.63) is 0 Å². The predicted octanol–water partition coefficient (Wildman–Crippen LogP) is 4.14. The van der Waals surface area contributed by atoms with Crippen molar-refractivity contribution in [2.75, 3.05) is 0 Å². The van der Waals surface area contributed by atoms with Gasteiger partial charge in [-0.15, -0.1) is 0 Å². The summed E-state index contributed by atoms with van der Waals surface area (Å²) in [6.07, 6.45) is 10.3. The first kappa shape index (κ1) is 12.0. The van der Waals surface area contributed by atoms with Crippen LogP contribution in [0.15, 0.2) is 0 Å². The SMILES string of the molecule is CCC[C@@H](O)C12CC3CC(C)(CC(C)(C3)C1)C2. The predicted molar refractivity (Wildman–Crippen MR) is 70.8 cm³/mol. The van der Waals surface area contributed by atoms with E-state index < -0.39 is 0 Å². The fourth-order valence-corrected chi connectivity index (χ4v) is 6.49. The van der Waals surface area contributed by atoms with Gasteiger partial charge in [-0.25, -0.2) is 0 Å². The third kappa shape index (κ3) is 1.77. The van der Waals surface area contributed by atoms with Crippen molar-refractivity contribution in [3.63, 3.8) is 0 Å². The molecule has 1 N–H and O–H groups in total. The van der Waals surface area contributed by atoms with Gasteiger partial charge in [-0.3, -0.25) is 0 Å². The third-order valence-electron chi connectivity index (χ3n) is 5.94. The topological polar surface area (TPSA) is 20.2 Å². The summed E-state index contributed by atoms with van der Waals surface area (Å²) in [4.78, 5) is 0. The van der Waals surface area contributed by atoms with Crippen molar-refractivity contribution < 1.29 is 5.11 Å². The maximum absolute atomic E-state index is 10.6. The molecule has 0 spiro atoms. The van der Waals surface area contributed by atoms with Crippen LogP contribution in [0.2, 0.25) is 0 Å². The second kappa shape index (κ2) is 3.50. The van der Waals surface area contributed by atoms with Crippen LogP contribution in [0, 0.1) is 22.2 Å². The second-order valence-electron chi connectivity index (χ2n) is 8.30. The highest BCUT2D eigenvalue weighted by atomic mass is 16.3. The Balaban J connectivity index is 1.92. The Bertz CT molecular complexity index is 303. The fourth-order valence-electron chi connectivity index (χ4n) is 6.49. The molecular formula is C16H28O. The first-order chi connectivity index (χ1) is 7.89. The Morgan fingerprint density at radius 3 is 2.12 bits per heavy atom. The van der Waals surface area contributed by atoms with E-state index in [1.807, 2.05) is 0 Å². The van der Waals surface area contributed by atoms with Gasteiger partial charge in [0, 0.05) is 0 Å². The minimum atomic E-state index is -0.0328. The van der Waals surface area contributed by atoms with E-state index in [4.69, 9.17) is 0 Å². The molecular weight excluding hydrogens is 208 g/mol. The van der Waals surface area contributed by atoms with Crippen LogP contribution in [-0.2, 0) is 0 Å². The largest absolute Gasteiger partial charge is 0.393 e. The van der Waals surface area contributed by atoms with Crippen LogP contribution in [0.1, 0.15) is 72.1 Å². The minimum Gasteiger partial charge on any atom is -0.393 e. The lowest BCUT2D eigenvalue weighted by Crippen LogP contribution is -2.58. The zero-order chi connectivity index (χ0) is 12.3. The molecule has 0 aromatic carbocycles. The van der Waals surface area contributed by atoms with E-state index in [2.05, 4.69) is 20.8 Å². The molecule has 0 radical (unpaired) electrons. The van der Waals surface area contributed by atoms with Crippen LogP contribution in [0.25, 0.3) is 0 Å². The molecule has 17 heavy (non-hydrogen) atoms. The van der Waals surface area contributed by atoms with E-state index in [-0.39, 0.29) is 6.10 Å². The highest BCUT2D eigenvalue weighted by Gasteiger charge is 2.61. The summed E-state index contributed by atoms with van der Waals surface area (Å²) in [6.45, 7) is 7.18. The van der Waals surface area contributed by atoms with Crippen molar-refractivity contribution >= 4 is 0 Å². The summed E-state index contributed by atoms with van der Waals surface area (Å²) in [5.41, 5.74) is 1.38. The van der Waals surface area contributed by atoms with Gasteiger partial charge >= 0.3 is 0 Å². The summed E-state index contributed by atoms with van der Waals surface area (Å²) >= 11 is 0. The Morgan fingerprint density at radius 1 is 1.06 bits per heavy atom. The summed E-state index contributed by atoms with van der Waals surface area (Å²) in [5, 5.41) is 10.6. The molecule has 2 unspecified atom stereocenters. The van der Waals surface area contributed by atoms with Gasteiger partial charge in [-0.05, 0) is 67.1 Å². The lowest BCUT2D eigenvalue weighted by Gasteiger charge is -2.66. The minimum absolute atomic E-state index is 0.0328. The number of hydrogen-bond acceptors (Lipinski definition) is 1. The van der Waals surface area contributed by atoms with Gasteiger partial charge < -0.3 is 5.11 Å². The lowest BCUT2D eigenvalue weighted by molar-refractivity contribution is -0.186. The van der Waals surface area contributed by atoms with Crippen LogP contribution < -0.4 is 0 Å². The molecule has 4 aliphatic rings. The van der Waals surface area contributed by atoms with Gasteiger partial charge in [0.1, 0.15) is 0 Å². The van der Waals surface area contributed by atoms with E-state index in [9.17, 15) is 5.11 Å². The van der Waals surface area contributed by atoms with E-state index in [1.54, 1.807) is 0 Å². The van der Waals surface area contributed by atoms with Crippen molar-refractivity contribution in [1.29, 1.82) is 0 Å². The number of hydrogen-bond donors (Lipinski definition) is 1. The Labute approximate surface area is 106 Å². The van der Waals surface area contributed by atoms with E-state index >= 15 is 0 Å². The normalized spacial score (nSPS) is 54.0. The average molecular weight is 236 g/mol. The average Bonchev–Trinajstić information content (AvgIpc) is 2.11. The summed E-state index contributed by atoms with van der Waals surface area (Å²) in [6, 6.07) is 0.